The van der Waals surface area contributed by atoms with E-state index in [0.717, 1.165) is 18.8 Å². The van der Waals surface area contributed by atoms with E-state index in [1.165, 1.54) is 12.8 Å². The minimum Gasteiger partial charge on any atom is -0.299 e. The molecular weight excluding hydrogens is 136 g/mol. The maximum absolute atomic E-state index is 11.5. The van der Waals surface area contributed by atoms with Gasteiger partial charge in [-0.15, -0.1) is 6.58 Å². The minimum absolute atomic E-state index is 0.330. The SMILES string of the molecule is C=CC[C@@H]1CC[C@H]2C[C@H]2C1=O. The maximum atomic E-state index is 11.5. The first-order valence-corrected chi connectivity index (χ1v) is 4.47. The quantitative estimate of drug-likeness (QED) is 0.551. The van der Waals surface area contributed by atoms with Gasteiger partial charge in [0.05, 0.1) is 0 Å². The average molecular weight is 150 g/mol. The van der Waals surface area contributed by atoms with Crippen molar-refractivity contribution < 1.29 is 4.79 Å². The van der Waals surface area contributed by atoms with Crippen molar-refractivity contribution in [1.82, 2.24) is 0 Å². The van der Waals surface area contributed by atoms with Crippen LogP contribution in [0, 0.1) is 17.8 Å². The number of carbonyl (C=O) groups is 1. The van der Waals surface area contributed by atoms with Gasteiger partial charge >= 0.3 is 0 Å². The van der Waals surface area contributed by atoms with Crippen LogP contribution in [-0.2, 0) is 4.79 Å². The van der Waals surface area contributed by atoms with Crippen LogP contribution in [0.15, 0.2) is 12.7 Å². The predicted octanol–water partition coefficient (Wildman–Crippen LogP) is 2.18. The first-order chi connectivity index (χ1) is 5.33. The van der Waals surface area contributed by atoms with Crippen molar-refractivity contribution >= 4 is 5.78 Å². The molecule has 2 aliphatic rings. The fourth-order valence-electron chi connectivity index (χ4n) is 2.21. The van der Waals surface area contributed by atoms with Gasteiger partial charge in [0.1, 0.15) is 5.78 Å². The van der Waals surface area contributed by atoms with Gasteiger partial charge in [0, 0.05) is 11.8 Å². The van der Waals surface area contributed by atoms with Gasteiger partial charge in [-0.1, -0.05) is 6.08 Å². The molecular formula is C10H14O. The molecule has 0 amide bonds. The van der Waals surface area contributed by atoms with Crippen LogP contribution in [0.4, 0.5) is 0 Å². The summed E-state index contributed by atoms with van der Waals surface area (Å²) in [5.74, 6) is 2.11. The van der Waals surface area contributed by atoms with Crippen molar-refractivity contribution in [2.75, 3.05) is 0 Å². The number of hydrogen-bond donors (Lipinski definition) is 0. The topological polar surface area (TPSA) is 17.1 Å². The molecule has 0 aliphatic heterocycles. The van der Waals surface area contributed by atoms with E-state index in [1.807, 2.05) is 6.08 Å². The molecule has 0 aromatic carbocycles. The molecule has 0 aromatic rings. The van der Waals surface area contributed by atoms with E-state index in [1.54, 1.807) is 0 Å². The largest absolute Gasteiger partial charge is 0.299 e. The standard InChI is InChI=1S/C10H14O/c1-2-3-7-4-5-8-6-9(8)10(7)11/h2,7-9H,1,3-6H2/t7-,8+,9-/m1/s1. The van der Waals surface area contributed by atoms with Gasteiger partial charge in [-0.25, -0.2) is 0 Å². The number of hydrogen-bond acceptors (Lipinski definition) is 1. The van der Waals surface area contributed by atoms with E-state index in [0.29, 0.717) is 17.6 Å². The van der Waals surface area contributed by atoms with Crippen molar-refractivity contribution in [3.05, 3.63) is 12.7 Å². The predicted molar refractivity (Wildman–Crippen MR) is 44.1 cm³/mol. The van der Waals surface area contributed by atoms with Crippen LogP contribution in [0.1, 0.15) is 25.7 Å². The van der Waals surface area contributed by atoms with E-state index in [-0.39, 0.29) is 0 Å². The summed E-state index contributed by atoms with van der Waals surface area (Å²) in [6.45, 7) is 3.68. The fourth-order valence-corrected chi connectivity index (χ4v) is 2.21. The monoisotopic (exact) mass is 150 g/mol. The highest BCUT2D eigenvalue weighted by Gasteiger charge is 2.48. The number of carbonyl (C=O) groups excluding carboxylic acids is 1. The summed E-state index contributed by atoms with van der Waals surface area (Å²) in [4.78, 5) is 11.5. The van der Waals surface area contributed by atoms with Crippen LogP contribution in [-0.4, -0.2) is 5.78 Å². The Kier molecular flexibility index (Phi) is 1.59. The summed E-state index contributed by atoms with van der Waals surface area (Å²) >= 11 is 0. The lowest BCUT2D eigenvalue weighted by atomic mass is 9.86. The maximum Gasteiger partial charge on any atom is 0.139 e. The third kappa shape index (κ3) is 1.13. The summed E-state index contributed by atoms with van der Waals surface area (Å²) in [5, 5.41) is 0. The molecule has 3 atom stereocenters. The van der Waals surface area contributed by atoms with Crippen LogP contribution in [0.3, 0.4) is 0 Å². The lowest BCUT2D eigenvalue weighted by molar-refractivity contribution is -0.125. The van der Waals surface area contributed by atoms with E-state index in [9.17, 15) is 4.79 Å². The highest BCUT2D eigenvalue weighted by atomic mass is 16.1. The second kappa shape index (κ2) is 2.47. The Bertz CT molecular complexity index is 195. The lowest BCUT2D eigenvalue weighted by Crippen LogP contribution is -2.20. The molecule has 60 valence electrons. The Balaban J connectivity index is 1.99. The van der Waals surface area contributed by atoms with E-state index >= 15 is 0 Å². The van der Waals surface area contributed by atoms with Crippen molar-refractivity contribution in [2.45, 2.75) is 25.7 Å². The normalized spacial score (nSPS) is 41.5. The molecule has 1 heteroatoms. The summed E-state index contributed by atoms with van der Waals surface area (Å²) in [6, 6.07) is 0. The second-order valence-corrected chi connectivity index (χ2v) is 3.80. The molecule has 1 nitrogen and oxygen atoms in total. The molecule has 2 rings (SSSR count). The molecule has 0 unspecified atom stereocenters. The molecule has 0 spiro atoms. The highest BCUT2D eigenvalue weighted by molar-refractivity contribution is 5.87. The molecule has 0 radical (unpaired) electrons. The molecule has 11 heavy (non-hydrogen) atoms. The third-order valence-electron chi connectivity index (χ3n) is 3.03. The van der Waals surface area contributed by atoms with Crippen molar-refractivity contribution in [3.63, 3.8) is 0 Å². The molecule has 0 heterocycles. The van der Waals surface area contributed by atoms with Gasteiger partial charge in [-0.05, 0) is 31.6 Å². The minimum atomic E-state index is 0.330. The second-order valence-electron chi connectivity index (χ2n) is 3.80. The Morgan fingerprint density at radius 1 is 1.55 bits per heavy atom. The molecule has 0 aromatic heterocycles. The number of Topliss-reactive ketones (excluding diaryl/α,β-unsaturated/α-hetero) is 1. The number of fused-ring (bicyclic) bond motifs is 1. The van der Waals surface area contributed by atoms with E-state index in [2.05, 4.69) is 6.58 Å². The molecule has 2 fully saturated rings. The molecule has 0 saturated heterocycles. The average Bonchev–Trinajstić information content (AvgIpc) is 2.75. The van der Waals surface area contributed by atoms with Crippen molar-refractivity contribution in [2.24, 2.45) is 17.8 Å². The Morgan fingerprint density at radius 2 is 2.36 bits per heavy atom. The fraction of sp³-hybridized carbons (Fsp3) is 0.700. The Morgan fingerprint density at radius 3 is 3.09 bits per heavy atom. The number of allylic oxidation sites excluding steroid dienone is 1. The summed E-state index contributed by atoms with van der Waals surface area (Å²) in [5.41, 5.74) is 0. The van der Waals surface area contributed by atoms with Crippen molar-refractivity contribution in [3.8, 4) is 0 Å². The van der Waals surface area contributed by atoms with Gasteiger partial charge in [0.2, 0.25) is 0 Å². The lowest BCUT2D eigenvalue weighted by Gasteiger charge is -2.17. The van der Waals surface area contributed by atoms with E-state index in [4.69, 9.17) is 0 Å². The van der Waals surface area contributed by atoms with Gasteiger partial charge in [0.25, 0.3) is 0 Å². The molecule has 0 N–H and O–H groups in total. The smallest absolute Gasteiger partial charge is 0.139 e. The van der Waals surface area contributed by atoms with Crippen LogP contribution >= 0.6 is 0 Å². The van der Waals surface area contributed by atoms with Crippen molar-refractivity contribution in [1.29, 1.82) is 0 Å². The van der Waals surface area contributed by atoms with Gasteiger partial charge in [0.15, 0.2) is 0 Å². The number of ketones is 1. The third-order valence-corrected chi connectivity index (χ3v) is 3.03. The van der Waals surface area contributed by atoms with Crippen LogP contribution in [0.25, 0.3) is 0 Å². The van der Waals surface area contributed by atoms with Gasteiger partial charge < -0.3 is 0 Å². The zero-order valence-electron chi connectivity index (χ0n) is 6.75. The van der Waals surface area contributed by atoms with E-state index < -0.39 is 0 Å². The zero-order chi connectivity index (χ0) is 7.84. The van der Waals surface area contributed by atoms with Crippen LogP contribution in [0.2, 0.25) is 0 Å². The molecule has 2 saturated carbocycles. The number of rotatable bonds is 2. The van der Waals surface area contributed by atoms with Gasteiger partial charge in [-0.3, -0.25) is 4.79 Å². The van der Waals surface area contributed by atoms with Crippen LogP contribution in [0.5, 0.6) is 0 Å². The van der Waals surface area contributed by atoms with Gasteiger partial charge in [-0.2, -0.15) is 0 Å². The molecule has 0 bridgehead atoms. The first-order valence-electron chi connectivity index (χ1n) is 4.47. The van der Waals surface area contributed by atoms with Crippen LogP contribution < -0.4 is 0 Å². The summed E-state index contributed by atoms with van der Waals surface area (Å²) in [7, 11) is 0. The first kappa shape index (κ1) is 7.08. The molecule has 2 aliphatic carbocycles. The summed E-state index contributed by atoms with van der Waals surface area (Å²) < 4.78 is 0. The summed E-state index contributed by atoms with van der Waals surface area (Å²) in [6.07, 6.45) is 6.38. The highest BCUT2D eigenvalue weighted by Crippen LogP contribution is 2.49. The Hall–Kier alpha value is -0.590. The zero-order valence-corrected chi connectivity index (χ0v) is 6.75. The Labute approximate surface area is 67.5 Å².